The second-order valence-electron chi connectivity index (χ2n) is 9.07. The molecule has 1 atom stereocenters. The Labute approximate surface area is 183 Å². The fourth-order valence-corrected chi connectivity index (χ4v) is 5.21. The van der Waals surface area contributed by atoms with Crippen molar-refractivity contribution in [1.29, 1.82) is 0 Å². The van der Waals surface area contributed by atoms with Gasteiger partial charge in [0, 0.05) is 37.7 Å². The first-order chi connectivity index (χ1) is 15.1. The number of carbonyl (C=O) groups is 1. The van der Waals surface area contributed by atoms with Crippen LogP contribution in [0.1, 0.15) is 57.8 Å². The van der Waals surface area contributed by atoms with Gasteiger partial charge in [0.2, 0.25) is 5.91 Å². The molecule has 3 aliphatic rings. The molecule has 8 nitrogen and oxygen atoms in total. The molecule has 2 saturated heterocycles. The van der Waals surface area contributed by atoms with E-state index < -0.39 is 0 Å². The summed E-state index contributed by atoms with van der Waals surface area (Å²) in [5, 5.41) is 4.29. The van der Waals surface area contributed by atoms with Crippen molar-refractivity contribution in [3.63, 3.8) is 0 Å². The third-order valence-electron chi connectivity index (χ3n) is 7.06. The number of nitrogens with zero attached hydrogens (tertiary/aromatic N) is 6. The number of aromatic nitrogens is 3. The van der Waals surface area contributed by atoms with Crippen LogP contribution in [0.2, 0.25) is 0 Å². The van der Waals surface area contributed by atoms with E-state index in [0.717, 1.165) is 87.5 Å². The average Bonchev–Trinajstić information content (AvgIpc) is 3.42. The van der Waals surface area contributed by atoms with Crippen molar-refractivity contribution in [2.24, 2.45) is 11.1 Å². The summed E-state index contributed by atoms with van der Waals surface area (Å²) >= 11 is 0. The molecule has 0 N–H and O–H groups in total. The standard InChI is InChI=1S/C23H32N6O2/c1-3-27-11-6-17(7-12-27)23(30)28-13-8-18(9-14-28)29-21-19(5-4-10-24-21)25-22(29)20-15-16(2)31-26-20/h4-5,10,16-18H,3,6-9,11-15H2,1-2H3. The van der Waals surface area contributed by atoms with Crippen LogP contribution in [-0.2, 0) is 9.63 Å². The zero-order valence-electron chi connectivity index (χ0n) is 18.5. The SMILES string of the molecule is CCN1CCC(C(=O)N2CCC(n3c(C4=NOC(C)C4)nc4cccnc43)CC2)CC1. The van der Waals surface area contributed by atoms with E-state index in [1.54, 1.807) is 0 Å². The van der Waals surface area contributed by atoms with Gasteiger partial charge in [0.15, 0.2) is 11.5 Å². The lowest BCUT2D eigenvalue weighted by Crippen LogP contribution is -2.45. The highest BCUT2D eigenvalue weighted by Gasteiger charge is 2.33. The van der Waals surface area contributed by atoms with E-state index in [1.807, 2.05) is 25.3 Å². The molecule has 3 aliphatic heterocycles. The van der Waals surface area contributed by atoms with Gasteiger partial charge in [-0.3, -0.25) is 4.79 Å². The summed E-state index contributed by atoms with van der Waals surface area (Å²) < 4.78 is 2.25. The molecule has 0 saturated carbocycles. The largest absolute Gasteiger partial charge is 0.392 e. The molecule has 0 spiro atoms. The van der Waals surface area contributed by atoms with Crippen LogP contribution >= 0.6 is 0 Å². The number of piperidine rings is 2. The van der Waals surface area contributed by atoms with Gasteiger partial charge in [0.1, 0.15) is 17.3 Å². The molecule has 1 amide bonds. The molecule has 5 heterocycles. The maximum absolute atomic E-state index is 13.1. The Kier molecular flexibility index (Phi) is 5.65. The monoisotopic (exact) mass is 424 g/mol. The van der Waals surface area contributed by atoms with E-state index in [0.29, 0.717) is 5.91 Å². The number of carbonyl (C=O) groups excluding carboxylic acids is 1. The van der Waals surface area contributed by atoms with Crippen molar-refractivity contribution < 1.29 is 9.63 Å². The second kappa shape index (κ2) is 8.57. The van der Waals surface area contributed by atoms with Crippen LogP contribution in [0.4, 0.5) is 0 Å². The van der Waals surface area contributed by atoms with Crippen molar-refractivity contribution >= 4 is 22.8 Å². The minimum atomic E-state index is 0.0785. The normalized spacial score (nSPS) is 23.9. The topological polar surface area (TPSA) is 75.9 Å². The molecule has 2 aromatic rings. The average molecular weight is 425 g/mol. The molecule has 8 heteroatoms. The molecule has 0 aliphatic carbocycles. The molecule has 31 heavy (non-hydrogen) atoms. The zero-order valence-corrected chi connectivity index (χ0v) is 18.5. The fourth-order valence-electron chi connectivity index (χ4n) is 5.21. The number of hydrogen-bond acceptors (Lipinski definition) is 6. The molecule has 5 rings (SSSR count). The third-order valence-corrected chi connectivity index (χ3v) is 7.06. The lowest BCUT2D eigenvalue weighted by atomic mass is 9.93. The number of pyridine rings is 1. The Balaban J connectivity index is 1.31. The number of fused-ring (bicyclic) bond motifs is 1. The minimum absolute atomic E-state index is 0.0785. The van der Waals surface area contributed by atoms with Gasteiger partial charge in [-0.25, -0.2) is 9.97 Å². The highest BCUT2D eigenvalue weighted by atomic mass is 16.6. The fraction of sp³-hybridized carbons (Fsp3) is 0.652. The summed E-state index contributed by atoms with van der Waals surface area (Å²) in [4.78, 5) is 32.6. The molecule has 166 valence electrons. The van der Waals surface area contributed by atoms with Crippen molar-refractivity contribution in [3.8, 4) is 0 Å². The highest BCUT2D eigenvalue weighted by Crippen LogP contribution is 2.31. The van der Waals surface area contributed by atoms with Gasteiger partial charge in [-0.15, -0.1) is 0 Å². The van der Waals surface area contributed by atoms with Gasteiger partial charge in [0.05, 0.1) is 0 Å². The Bertz CT molecular complexity index is 970. The molecule has 0 radical (unpaired) electrons. The van der Waals surface area contributed by atoms with E-state index in [-0.39, 0.29) is 18.1 Å². The predicted octanol–water partition coefficient (Wildman–Crippen LogP) is 2.84. The molecular weight excluding hydrogens is 392 g/mol. The molecule has 2 aromatic heterocycles. The Morgan fingerprint density at radius 2 is 1.94 bits per heavy atom. The number of imidazole rings is 1. The van der Waals surface area contributed by atoms with E-state index >= 15 is 0 Å². The number of rotatable bonds is 4. The summed E-state index contributed by atoms with van der Waals surface area (Å²) in [6, 6.07) is 4.19. The van der Waals surface area contributed by atoms with E-state index in [2.05, 4.69) is 31.4 Å². The number of amides is 1. The lowest BCUT2D eigenvalue weighted by molar-refractivity contribution is -0.138. The summed E-state index contributed by atoms with van der Waals surface area (Å²) in [6.07, 6.45) is 6.47. The maximum Gasteiger partial charge on any atom is 0.225 e. The van der Waals surface area contributed by atoms with Crippen LogP contribution in [-0.4, -0.2) is 74.8 Å². The first kappa shape index (κ1) is 20.4. The first-order valence-corrected chi connectivity index (χ1v) is 11.7. The number of likely N-dealkylation sites (tertiary alicyclic amines) is 2. The lowest BCUT2D eigenvalue weighted by Gasteiger charge is -2.37. The molecule has 0 bridgehead atoms. The van der Waals surface area contributed by atoms with Gasteiger partial charge in [-0.2, -0.15) is 0 Å². The predicted molar refractivity (Wildman–Crippen MR) is 119 cm³/mol. The van der Waals surface area contributed by atoms with Gasteiger partial charge in [-0.1, -0.05) is 12.1 Å². The molecule has 1 unspecified atom stereocenters. The summed E-state index contributed by atoms with van der Waals surface area (Å²) in [7, 11) is 0. The van der Waals surface area contributed by atoms with Crippen LogP contribution < -0.4 is 0 Å². The Morgan fingerprint density at radius 1 is 1.16 bits per heavy atom. The van der Waals surface area contributed by atoms with Gasteiger partial charge < -0.3 is 19.2 Å². The van der Waals surface area contributed by atoms with Crippen molar-refractivity contribution in [1.82, 2.24) is 24.3 Å². The zero-order chi connectivity index (χ0) is 21.4. The van der Waals surface area contributed by atoms with Crippen molar-refractivity contribution in [3.05, 3.63) is 24.2 Å². The van der Waals surface area contributed by atoms with Crippen LogP contribution in [0.15, 0.2) is 23.5 Å². The number of oxime groups is 1. The minimum Gasteiger partial charge on any atom is -0.392 e. The first-order valence-electron chi connectivity index (χ1n) is 11.7. The van der Waals surface area contributed by atoms with Crippen LogP contribution in [0, 0.1) is 5.92 Å². The van der Waals surface area contributed by atoms with Crippen LogP contribution in [0.25, 0.3) is 11.2 Å². The Morgan fingerprint density at radius 3 is 2.61 bits per heavy atom. The molecule has 2 fully saturated rings. The molecule has 0 aromatic carbocycles. The van der Waals surface area contributed by atoms with Gasteiger partial charge in [0.25, 0.3) is 0 Å². The van der Waals surface area contributed by atoms with E-state index in [1.165, 1.54) is 0 Å². The van der Waals surface area contributed by atoms with Crippen molar-refractivity contribution in [2.75, 3.05) is 32.7 Å². The van der Waals surface area contributed by atoms with Crippen LogP contribution in [0.3, 0.4) is 0 Å². The number of hydrogen-bond donors (Lipinski definition) is 0. The van der Waals surface area contributed by atoms with Gasteiger partial charge >= 0.3 is 0 Å². The smallest absolute Gasteiger partial charge is 0.225 e. The maximum atomic E-state index is 13.1. The summed E-state index contributed by atoms with van der Waals surface area (Å²) in [5.74, 6) is 1.41. The van der Waals surface area contributed by atoms with Crippen molar-refractivity contribution in [2.45, 2.75) is 58.1 Å². The quantitative estimate of drug-likeness (QED) is 0.754. The van der Waals surface area contributed by atoms with E-state index in [9.17, 15) is 4.79 Å². The van der Waals surface area contributed by atoms with Crippen LogP contribution in [0.5, 0.6) is 0 Å². The Hall–Kier alpha value is -2.48. The summed E-state index contributed by atoms with van der Waals surface area (Å²) in [5.41, 5.74) is 2.68. The van der Waals surface area contributed by atoms with Gasteiger partial charge in [-0.05, 0) is 64.4 Å². The van der Waals surface area contributed by atoms with E-state index in [4.69, 9.17) is 9.82 Å². The summed E-state index contributed by atoms with van der Waals surface area (Å²) in [6.45, 7) is 8.98. The third kappa shape index (κ3) is 3.93. The molecular formula is C23H32N6O2. The highest BCUT2D eigenvalue weighted by molar-refractivity contribution is 6.00. The second-order valence-corrected chi connectivity index (χ2v) is 9.07.